The standard InChI is InChI=1S/C10H10ClNO/c11-7-9-6-10(13-12-9)8-4-2-1-3-5-8/h1-6,10,12H,7H2. The Labute approximate surface area is 82.1 Å². The second-order valence-electron chi connectivity index (χ2n) is 2.88. The Morgan fingerprint density at radius 1 is 1.31 bits per heavy atom. The monoisotopic (exact) mass is 195 g/mol. The molecule has 1 unspecified atom stereocenters. The van der Waals surface area contributed by atoms with E-state index in [4.69, 9.17) is 16.4 Å². The maximum absolute atomic E-state index is 5.65. The van der Waals surface area contributed by atoms with Gasteiger partial charge in [0.15, 0.2) is 0 Å². The van der Waals surface area contributed by atoms with Crippen molar-refractivity contribution >= 4 is 11.6 Å². The van der Waals surface area contributed by atoms with Gasteiger partial charge in [0.05, 0.1) is 11.6 Å². The SMILES string of the molecule is ClCC1=CC(c2ccccc2)ON1. The summed E-state index contributed by atoms with van der Waals surface area (Å²) in [4.78, 5) is 5.32. The molecule has 0 radical (unpaired) electrons. The number of hydroxylamine groups is 1. The summed E-state index contributed by atoms with van der Waals surface area (Å²) in [5, 5.41) is 0. The number of allylic oxidation sites excluding steroid dienone is 1. The lowest BCUT2D eigenvalue weighted by atomic mass is 10.1. The lowest BCUT2D eigenvalue weighted by Crippen LogP contribution is -2.08. The van der Waals surface area contributed by atoms with Crippen LogP contribution in [0.1, 0.15) is 11.7 Å². The molecule has 2 rings (SSSR count). The molecular weight excluding hydrogens is 186 g/mol. The summed E-state index contributed by atoms with van der Waals surface area (Å²) in [6.45, 7) is 0. The molecule has 1 aliphatic rings. The molecule has 3 heteroatoms. The van der Waals surface area contributed by atoms with E-state index in [-0.39, 0.29) is 6.10 Å². The second kappa shape index (κ2) is 3.81. The first-order valence-electron chi connectivity index (χ1n) is 4.13. The molecule has 0 saturated heterocycles. The van der Waals surface area contributed by atoms with Crippen molar-refractivity contribution in [3.63, 3.8) is 0 Å². The third-order valence-electron chi connectivity index (χ3n) is 1.94. The van der Waals surface area contributed by atoms with Crippen LogP contribution in [-0.4, -0.2) is 5.88 Å². The number of benzene rings is 1. The van der Waals surface area contributed by atoms with Gasteiger partial charge in [-0.25, -0.2) is 0 Å². The van der Waals surface area contributed by atoms with Gasteiger partial charge in [-0.1, -0.05) is 30.3 Å². The molecule has 1 atom stereocenters. The molecule has 1 N–H and O–H groups in total. The van der Waals surface area contributed by atoms with E-state index in [0.717, 1.165) is 11.3 Å². The van der Waals surface area contributed by atoms with Crippen LogP contribution < -0.4 is 5.48 Å². The first-order valence-corrected chi connectivity index (χ1v) is 4.67. The van der Waals surface area contributed by atoms with Gasteiger partial charge in [-0.05, 0) is 11.6 Å². The molecular formula is C10H10ClNO. The minimum Gasteiger partial charge on any atom is -0.269 e. The summed E-state index contributed by atoms with van der Waals surface area (Å²) in [6.07, 6.45) is 1.98. The number of nitrogens with one attached hydrogen (secondary N) is 1. The summed E-state index contributed by atoms with van der Waals surface area (Å²) in [7, 11) is 0. The molecule has 2 nitrogen and oxygen atoms in total. The van der Waals surface area contributed by atoms with E-state index in [1.54, 1.807) is 0 Å². The Bertz CT molecular complexity index is 310. The fourth-order valence-corrected chi connectivity index (χ4v) is 1.41. The van der Waals surface area contributed by atoms with Crippen molar-refractivity contribution in [3.05, 3.63) is 47.7 Å². The van der Waals surface area contributed by atoms with Crippen molar-refractivity contribution in [1.82, 2.24) is 5.48 Å². The molecule has 0 spiro atoms. The van der Waals surface area contributed by atoms with E-state index < -0.39 is 0 Å². The van der Waals surface area contributed by atoms with Gasteiger partial charge in [0.1, 0.15) is 6.10 Å². The summed E-state index contributed by atoms with van der Waals surface area (Å²) in [5.41, 5.74) is 4.84. The molecule has 1 aromatic rings. The van der Waals surface area contributed by atoms with Crippen molar-refractivity contribution in [2.75, 3.05) is 5.88 Å². The van der Waals surface area contributed by atoms with Gasteiger partial charge in [-0.2, -0.15) is 0 Å². The van der Waals surface area contributed by atoms with Crippen LogP contribution in [-0.2, 0) is 4.84 Å². The summed E-state index contributed by atoms with van der Waals surface area (Å²) in [5.74, 6) is 0.462. The van der Waals surface area contributed by atoms with Gasteiger partial charge < -0.3 is 0 Å². The number of hydrogen-bond donors (Lipinski definition) is 1. The number of halogens is 1. The molecule has 1 aliphatic heterocycles. The van der Waals surface area contributed by atoms with E-state index in [2.05, 4.69) is 5.48 Å². The Morgan fingerprint density at radius 2 is 2.08 bits per heavy atom. The Balaban J connectivity index is 2.16. The van der Waals surface area contributed by atoms with Crippen molar-refractivity contribution in [3.8, 4) is 0 Å². The van der Waals surface area contributed by atoms with Crippen LogP contribution in [0.5, 0.6) is 0 Å². The molecule has 1 aromatic carbocycles. The lowest BCUT2D eigenvalue weighted by Gasteiger charge is -2.06. The smallest absolute Gasteiger partial charge is 0.131 e. The number of hydrogen-bond acceptors (Lipinski definition) is 2. The zero-order valence-electron chi connectivity index (χ0n) is 7.03. The Hall–Kier alpha value is -0.990. The van der Waals surface area contributed by atoms with Crippen LogP contribution in [0.3, 0.4) is 0 Å². The molecule has 0 aliphatic carbocycles. The maximum atomic E-state index is 5.65. The molecule has 0 fully saturated rings. The van der Waals surface area contributed by atoms with Crippen LogP contribution >= 0.6 is 11.6 Å². The molecule has 0 saturated carbocycles. The van der Waals surface area contributed by atoms with Crippen LogP contribution in [0.15, 0.2) is 42.1 Å². The number of alkyl halides is 1. The predicted octanol–water partition coefficient (Wildman–Crippen LogP) is 2.39. The zero-order chi connectivity index (χ0) is 9.10. The van der Waals surface area contributed by atoms with Gasteiger partial charge in [0.25, 0.3) is 0 Å². The van der Waals surface area contributed by atoms with Crippen LogP contribution in [0.25, 0.3) is 0 Å². The molecule has 13 heavy (non-hydrogen) atoms. The number of rotatable bonds is 2. The Morgan fingerprint density at radius 3 is 2.69 bits per heavy atom. The maximum Gasteiger partial charge on any atom is 0.131 e. The fourth-order valence-electron chi connectivity index (χ4n) is 1.27. The lowest BCUT2D eigenvalue weighted by molar-refractivity contribution is 0.0423. The van der Waals surface area contributed by atoms with Crippen molar-refractivity contribution < 1.29 is 4.84 Å². The van der Waals surface area contributed by atoms with E-state index in [0.29, 0.717) is 5.88 Å². The van der Waals surface area contributed by atoms with Gasteiger partial charge in [-0.15, -0.1) is 11.6 Å². The Kier molecular flexibility index (Phi) is 2.52. The minimum absolute atomic E-state index is 0.00468. The molecule has 0 amide bonds. The highest BCUT2D eigenvalue weighted by Gasteiger charge is 2.16. The van der Waals surface area contributed by atoms with Gasteiger partial charge in [0.2, 0.25) is 0 Å². The highest BCUT2D eigenvalue weighted by atomic mass is 35.5. The summed E-state index contributed by atoms with van der Waals surface area (Å²) >= 11 is 5.65. The first kappa shape index (κ1) is 8.60. The highest BCUT2D eigenvalue weighted by molar-refractivity contribution is 6.19. The van der Waals surface area contributed by atoms with E-state index >= 15 is 0 Å². The van der Waals surface area contributed by atoms with Crippen molar-refractivity contribution in [2.45, 2.75) is 6.10 Å². The predicted molar refractivity (Wildman–Crippen MR) is 52.2 cm³/mol. The van der Waals surface area contributed by atoms with Crippen molar-refractivity contribution in [1.29, 1.82) is 0 Å². The first-order chi connectivity index (χ1) is 6.40. The fraction of sp³-hybridized carbons (Fsp3) is 0.200. The van der Waals surface area contributed by atoms with Gasteiger partial charge in [0, 0.05) is 0 Å². The second-order valence-corrected chi connectivity index (χ2v) is 3.14. The van der Waals surface area contributed by atoms with Gasteiger partial charge >= 0.3 is 0 Å². The van der Waals surface area contributed by atoms with Crippen LogP contribution in [0.2, 0.25) is 0 Å². The van der Waals surface area contributed by atoms with E-state index in [1.165, 1.54) is 0 Å². The van der Waals surface area contributed by atoms with Crippen LogP contribution in [0.4, 0.5) is 0 Å². The molecule has 0 aromatic heterocycles. The van der Waals surface area contributed by atoms with Gasteiger partial charge in [-0.3, -0.25) is 10.3 Å². The average molecular weight is 196 g/mol. The van der Waals surface area contributed by atoms with Crippen LogP contribution in [0, 0.1) is 0 Å². The molecule has 1 heterocycles. The molecule has 68 valence electrons. The normalized spacial score (nSPS) is 21.0. The largest absolute Gasteiger partial charge is 0.269 e. The topological polar surface area (TPSA) is 21.3 Å². The third kappa shape index (κ3) is 1.85. The van der Waals surface area contributed by atoms with E-state index in [1.807, 2.05) is 36.4 Å². The zero-order valence-corrected chi connectivity index (χ0v) is 7.79. The third-order valence-corrected chi connectivity index (χ3v) is 2.23. The summed E-state index contributed by atoms with van der Waals surface area (Å²) in [6, 6.07) is 10.0. The van der Waals surface area contributed by atoms with E-state index in [9.17, 15) is 0 Å². The summed E-state index contributed by atoms with van der Waals surface area (Å²) < 4.78 is 0. The quantitative estimate of drug-likeness (QED) is 0.732. The highest BCUT2D eigenvalue weighted by Crippen LogP contribution is 2.23. The molecule has 0 bridgehead atoms. The minimum atomic E-state index is -0.00468. The van der Waals surface area contributed by atoms with Crippen molar-refractivity contribution in [2.24, 2.45) is 0 Å². The average Bonchev–Trinajstić information content (AvgIpc) is 2.67.